The molecule has 5 atom stereocenters. The Morgan fingerprint density at radius 2 is 1.85 bits per heavy atom. The van der Waals surface area contributed by atoms with Crippen LogP contribution in [-0.2, 0) is 4.74 Å². The van der Waals surface area contributed by atoms with Crippen molar-refractivity contribution in [2.24, 2.45) is 17.3 Å². The number of esters is 1. The first kappa shape index (κ1) is 19.9. The number of aromatic hydroxyl groups is 1. The highest BCUT2D eigenvalue weighted by atomic mass is 16.5. The van der Waals surface area contributed by atoms with Crippen LogP contribution < -0.4 is 0 Å². The van der Waals surface area contributed by atoms with E-state index in [2.05, 4.69) is 6.92 Å². The smallest absolute Gasteiger partial charge is 0.338 e. The second kappa shape index (κ2) is 6.95. The van der Waals surface area contributed by atoms with Crippen LogP contribution in [0.25, 0.3) is 0 Å². The summed E-state index contributed by atoms with van der Waals surface area (Å²) in [5.74, 6) is -0.709. The maximum Gasteiger partial charge on any atom is 0.338 e. The molecule has 1 saturated carbocycles. The summed E-state index contributed by atoms with van der Waals surface area (Å²) in [7, 11) is 0. The van der Waals surface area contributed by atoms with Gasteiger partial charge in [-0.1, -0.05) is 20.8 Å². The second-order valence-electron chi connectivity index (χ2n) is 8.83. The summed E-state index contributed by atoms with van der Waals surface area (Å²) in [6, 6.07) is 5.92. The van der Waals surface area contributed by atoms with Gasteiger partial charge < -0.3 is 20.1 Å². The van der Waals surface area contributed by atoms with Crippen LogP contribution in [0.4, 0.5) is 0 Å². The molecule has 5 nitrogen and oxygen atoms in total. The molecule has 0 unspecified atom stereocenters. The minimum atomic E-state index is -0.963. The molecule has 0 spiro atoms. The Kier molecular flexibility index (Phi) is 5.12. The van der Waals surface area contributed by atoms with Gasteiger partial charge in [-0.15, -0.1) is 0 Å². The monoisotopic (exact) mass is 374 g/mol. The Morgan fingerprint density at radius 1 is 1.22 bits per heavy atom. The fourth-order valence-corrected chi connectivity index (χ4v) is 4.92. The van der Waals surface area contributed by atoms with Crippen LogP contribution in [0.3, 0.4) is 0 Å². The molecule has 27 heavy (non-hydrogen) atoms. The summed E-state index contributed by atoms with van der Waals surface area (Å²) >= 11 is 0. The van der Waals surface area contributed by atoms with E-state index in [0.29, 0.717) is 18.4 Å². The van der Waals surface area contributed by atoms with Gasteiger partial charge in [-0.25, -0.2) is 4.79 Å². The predicted molar refractivity (Wildman–Crippen MR) is 102 cm³/mol. The minimum Gasteiger partial charge on any atom is -0.508 e. The molecule has 3 rings (SSSR count). The third kappa shape index (κ3) is 3.50. The summed E-state index contributed by atoms with van der Waals surface area (Å²) in [5, 5.41) is 31.5. The number of phenolic OH excluding ortho intramolecular Hbond substituents is 1. The van der Waals surface area contributed by atoms with Gasteiger partial charge in [0.1, 0.15) is 11.9 Å². The molecule has 0 heterocycles. The lowest BCUT2D eigenvalue weighted by Crippen LogP contribution is -2.50. The highest BCUT2D eigenvalue weighted by Crippen LogP contribution is 2.58. The zero-order valence-electron chi connectivity index (χ0n) is 16.5. The van der Waals surface area contributed by atoms with E-state index in [4.69, 9.17) is 4.74 Å². The normalized spacial score (nSPS) is 36.1. The van der Waals surface area contributed by atoms with E-state index < -0.39 is 23.8 Å². The summed E-state index contributed by atoms with van der Waals surface area (Å²) in [6.45, 7) is 7.89. The summed E-state index contributed by atoms with van der Waals surface area (Å²) in [4.78, 5) is 12.7. The first-order chi connectivity index (χ1) is 12.6. The number of hydrogen-bond acceptors (Lipinski definition) is 5. The quantitative estimate of drug-likeness (QED) is 0.557. The maximum atomic E-state index is 12.7. The molecule has 0 aliphatic heterocycles. The average Bonchev–Trinajstić information content (AvgIpc) is 2.81. The lowest BCUT2D eigenvalue weighted by molar-refractivity contribution is -0.104. The Hall–Kier alpha value is -1.85. The van der Waals surface area contributed by atoms with Crippen molar-refractivity contribution in [3.05, 3.63) is 41.5 Å². The van der Waals surface area contributed by atoms with Crippen LogP contribution in [0.1, 0.15) is 57.3 Å². The van der Waals surface area contributed by atoms with E-state index in [1.807, 2.05) is 20.8 Å². The van der Waals surface area contributed by atoms with E-state index in [1.165, 1.54) is 24.3 Å². The molecule has 1 aromatic carbocycles. The molecular weight excluding hydrogens is 344 g/mol. The molecule has 0 aromatic heterocycles. The molecule has 3 N–H and O–H groups in total. The van der Waals surface area contributed by atoms with Crippen LogP contribution in [0.2, 0.25) is 0 Å². The average molecular weight is 374 g/mol. The molecule has 5 heteroatoms. The van der Waals surface area contributed by atoms with E-state index in [9.17, 15) is 20.1 Å². The Morgan fingerprint density at radius 3 is 2.44 bits per heavy atom. The van der Waals surface area contributed by atoms with Gasteiger partial charge in [0.15, 0.2) is 0 Å². The Labute approximate surface area is 160 Å². The van der Waals surface area contributed by atoms with E-state index in [-0.39, 0.29) is 23.0 Å². The fourth-order valence-electron chi connectivity index (χ4n) is 4.92. The van der Waals surface area contributed by atoms with E-state index in [0.717, 1.165) is 12.0 Å². The summed E-state index contributed by atoms with van der Waals surface area (Å²) in [6.07, 6.45) is 2.52. The highest BCUT2D eigenvalue weighted by Gasteiger charge is 2.60. The molecule has 0 amide bonds. The van der Waals surface area contributed by atoms with Crippen molar-refractivity contribution in [1.82, 2.24) is 0 Å². The third-order valence-electron chi connectivity index (χ3n) is 6.67. The zero-order chi connectivity index (χ0) is 20.0. The zero-order valence-corrected chi connectivity index (χ0v) is 16.5. The van der Waals surface area contributed by atoms with Crippen LogP contribution >= 0.6 is 0 Å². The predicted octanol–water partition coefficient (Wildman–Crippen LogP) is 3.43. The molecular formula is C22H30O5. The standard InChI is InChI=1S/C22H30O5/c1-13(2)22(26)10-9-21(4)12-17(24)14(3)11-18(19(21)22)27-20(25)15-5-7-16(23)8-6-15/h5-8,11,13,17-19,23-24,26H,9-10,12H2,1-4H3/t17-,18+,19-,21-,22-/m1/s1. The lowest BCUT2D eigenvalue weighted by atomic mass is 9.67. The van der Waals surface area contributed by atoms with Crippen molar-refractivity contribution in [2.45, 2.75) is 64.8 Å². The van der Waals surface area contributed by atoms with Crippen molar-refractivity contribution in [2.75, 3.05) is 0 Å². The molecule has 148 valence electrons. The fraction of sp³-hybridized carbons (Fsp3) is 0.591. The summed E-state index contributed by atoms with van der Waals surface area (Å²) in [5.41, 5.74) is -0.182. The SMILES string of the molecule is CC1=C[C@H](OC(=O)c2ccc(O)cc2)[C@@H]2[C@](C)(CC[C@@]2(O)C(C)C)C[C@H]1O. The van der Waals surface area contributed by atoms with Crippen molar-refractivity contribution in [3.63, 3.8) is 0 Å². The number of carbonyl (C=O) groups is 1. The topological polar surface area (TPSA) is 87.0 Å². The third-order valence-corrected chi connectivity index (χ3v) is 6.67. The van der Waals surface area contributed by atoms with Gasteiger partial charge in [0, 0.05) is 5.92 Å². The Balaban J connectivity index is 1.98. The number of aliphatic hydroxyl groups excluding tert-OH is 1. The number of carbonyl (C=O) groups excluding carboxylic acids is 1. The first-order valence-corrected chi connectivity index (χ1v) is 9.65. The molecule has 0 bridgehead atoms. The van der Waals surface area contributed by atoms with Gasteiger partial charge in [-0.3, -0.25) is 0 Å². The number of benzene rings is 1. The van der Waals surface area contributed by atoms with Crippen molar-refractivity contribution >= 4 is 5.97 Å². The number of aliphatic hydroxyl groups is 2. The number of hydrogen-bond donors (Lipinski definition) is 3. The number of rotatable bonds is 3. The molecule has 1 fully saturated rings. The number of ether oxygens (including phenoxy) is 1. The minimum absolute atomic E-state index is 0.00292. The largest absolute Gasteiger partial charge is 0.508 e. The summed E-state index contributed by atoms with van der Waals surface area (Å²) < 4.78 is 5.87. The molecule has 2 aliphatic rings. The van der Waals surface area contributed by atoms with Gasteiger partial charge in [0.05, 0.1) is 17.3 Å². The van der Waals surface area contributed by atoms with E-state index in [1.54, 1.807) is 6.08 Å². The number of phenols is 1. The van der Waals surface area contributed by atoms with Gasteiger partial charge in [0.25, 0.3) is 0 Å². The van der Waals surface area contributed by atoms with Crippen LogP contribution in [-0.4, -0.2) is 39.1 Å². The van der Waals surface area contributed by atoms with Gasteiger partial charge in [0.2, 0.25) is 0 Å². The van der Waals surface area contributed by atoms with Crippen LogP contribution in [0, 0.1) is 17.3 Å². The second-order valence-corrected chi connectivity index (χ2v) is 8.83. The number of fused-ring (bicyclic) bond motifs is 1. The highest BCUT2D eigenvalue weighted by molar-refractivity contribution is 5.89. The van der Waals surface area contributed by atoms with Crippen molar-refractivity contribution in [1.29, 1.82) is 0 Å². The molecule has 1 aromatic rings. The maximum absolute atomic E-state index is 12.7. The molecule has 0 saturated heterocycles. The molecule has 0 radical (unpaired) electrons. The first-order valence-electron chi connectivity index (χ1n) is 9.65. The lowest BCUT2D eigenvalue weighted by Gasteiger charge is -2.43. The van der Waals surface area contributed by atoms with E-state index >= 15 is 0 Å². The molecule has 2 aliphatic carbocycles. The van der Waals surface area contributed by atoms with Gasteiger partial charge in [-0.2, -0.15) is 0 Å². The van der Waals surface area contributed by atoms with Crippen molar-refractivity contribution < 1.29 is 24.9 Å². The van der Waals surface area contributed by atoms with Gasteiger partial charge >= 0.3 is 5.97 Å². The van der Waals surface area contributed by atoms with Crippen LogP contribution in [0.5, 0.6) is 5.75 Å². The Bertz CT molecular complexity index is 738. The van der Waals surface area contributed by atoms with Crippen LogP contribution in [0.15, 0.2) is 35.9 Å². The van der Waals surface area contributed by atoms with Crippen molar-refractivity contribution in [3.8, 4) is 5.75 Å². The van der Waals surface area contributed by atoms with Gasteiger partial charge in [-0.05, 0) is 73.4 Å².